The molecule has 0 unspecified atom stereocenters. The van der Waals surface area contributed by atoms with Gasteiger partial charge in [0.05, 0.1) is 25.3 Å². The van der Waals surface area contributed by atoms with E-state index in [0.29, 0.717) is 17.9 Å². The Bertz CT molecular complexity index is 490. The molecule has 0 aromatic heterocycles. The van der Waals surface area contributed by atoms with Gasteiger partial charge in [0.25, 0.3) is 0 Å². The van der Waals surface area contributed by atoms with E-state index in [9.17, 15) is 4.39 Å². The van der Waals surface area contributed by atoms with E-state index in [4.69, 9.17) is 15.2 Å². The molecule has 4 nitrogen and oxygen atoms in total. The fraction of sp³-hybridized carbons (Fsp3) is 0.467. The van der Waals surface area contributed by atoms with Crippen LogP contribution < -0.4 is 10.5 Å². The summed E-state index contributed by atoms with van der Waals surface area (Å²) in [5.74, 6) is 5.78. The lowest BCUT2D eigenvalue weighted by Crippen LogP contribution is -2.38. The molecule has 1 heterocycles. The minimum atomic E-state index is -0.329. The number of benzene rings is 1. The molecule has 0 aliphatic carbocycles. The maximum absolute atomic E-state index is 13.3. The summed E-state index contributed by atoms with van der Waals surface area (Å²) in [5.41, 5.74) is 6.01. The molecule has 1 saturated heterocycles. The van der Waals surface area contributed by atoms with Crippen LogP contribution in [0.1, 0.15) is 5.56 Å². The smallest absolute Gasteiger partial charge is 0.137 e. The van der Waals surface area contributed by atoms with Crippen molar-refractivity contribution >= 4 is 0 Å². The Morgan fingerprint density at radius 2 is 2.15 bits per heavy atom. The van der Waals surface area contributed by atoms with E-state index in [0.717, 1.165) is 32.8 Å². The van der Waals surface area contributed by atoms with E-state index in [1.807, 2.05) is 0 Å². The van der Waals surface area contributed by atoms with Gasteiger partial charge in [-0.3, -0.25) is 4.90 Å². The molecule has 2 N–H and O–H groups in total. The summed E-state index contributed by atoms with van der Waals surface area (Å²) in [6, 6.07) is 4.34. The van der Waals surface area contributed by atoms with Crippen molar-refractivity contribution in [3.8, 4) is 17.6 Å². The lowest BCUT2D eigenvalue weighted by Gasteiger charge is -2.26. The Morgan fingerprint density at radius 1 is 1.35 bits per heavy atom. The summed E-state index contributed by atoms with van der Waals surface area (Å²) >= 11 is 0. The van der Waals surface area contributed by atoms with Gasteiger partial charge in [-0.2, -0.15) is 0 Å². The Labute approximate surface area is 118 Å². The van der Waals surface area contributed by atoms with Gasteiger partial charge in [0.2, 0.25) is 0 Å². The fourth-order valence-corrected chi connectivity index (χ4v) is 1.97. The number of halogens is 1. The van der Waals surface area contributed by atoms with Crippen LogP contribution in [-0.4, -0.2) is 50.9 Å². The average Bonchev–Trinajstić information content (AvgIpc) is 2.47. The average molecular weight is 278 g/mol. The molecule has 108 valence electrons. The maximum atomic E-state index is 13.3. The molecular weight excluding hydrogens is 259 g/mol. The van der Waals surface area contributed by atoms with Gasteiger partial charge in [-0.25, -0.2) is 4.39 Å². The first-order valence-corrected chi connectivity index (χ1v) is 6.71. The normalized spacial score (nSPS) is 15.5. The zero-order valence-electron chi connectivity index (χ0n) is 11.4. The quantitative estimate of drug-likeness (QED) is 0.829. The van der Waals surface area contributed by atoms with Crippen molar-refractivity contribution in [3.63, 3.8) is 0 Å². The van der Waals surface area contributed by atoms with Crippen LogP contribution in [0.15, 0.2) is 18.2 Å². The monoisotopic (exact) mass is 278 g/mol. The summed E-state index contributed by atoms with van der Waals surface area (Å²) in [7, 11) is 0. The summed E-state index contributed by atoms with van der Waals surface area (Å²) < 4.78 is 24.2. The first-order valence-electron chi connectivity index (χ1n) is 6.71. The van der Waals surface area contributed by atoms with Gasteiger partial charge in [0.15, 0.2) is 0 Å². The SMILES string of the molecule is NCC#Cc1ccc(F)cc1OCCN1CCOCC1. The number of hydrogen-bond acceptors (Lipinski definition) is 4. The van der Waals surface area contributed by atoms with Gasteiger partial charge in [0, 0.05) is 25.7 Å². The Morgan fingerprint density at radius 3 is 2.90 bits per heavy atom. The van der Waals surface area contributed by atoms with Crippen LogP contribution in [0.5, 0.6) is 5.75 Å². The third kappa shape index (κ3) is 4.49. The molecule has 1 aromatic carbocycles. The van der Waals surface area contributed by atoms with E-state index in [1.54, 1.807) is 6.07 Å². The first kappa shape index (κ1) is 14.8. The van der Waals surface area contributed by atoms with Crippen molar-refractivity contribution in [3.05, 3.63) is 29.6 Å². The molecule has 0 spiro atoms. The van der Waals surface area contributed by atoms with Gasteiger partial charge in [-0.15, -0.1) is 0 Å². The van der Waals surface area contributed by atoms with E-state index < -0.39 is 0 Å². The predicted molar refractivity (Wildman–Crippen MR) is 75.1 cm³/mol. The van der Waals surface area contributed by atoms with Crippen molar-refractivity contribution in [1.82, 2.24) is 4.90 Å². The molecule has 1 aliphatic rings. The van der Waals surface area contributed by atoms with Crippen LogP contribution in [-0.2, 0) is 4.74 Å². The number of nitrogens with two attached hydrogens (primary N) is 1. The van der Waals surface area contributed by atoms with Crippen molar-refractivity contribution < 1.29 is 13.9 Å². The molecule has 0 saturated carbocycles. The number of morpholine rings is 1. The maximum Gasteiger partial charge on any atom is 0.137 e. The van der Waals surface area contributed by atoms with Crippen LogP contribution >= 0.6 is 0 Å². The standard InChI is InChI=1S/C15H19FN2O2/c16-14-4-3-13(2-1-5-17)15(12-14)20-11-8-18-6-9-19-10-7-18/h3-4,12H,5-11,17H2. The second-order valence-corrected chi connectivity index (χ2v) is 4.45. The molecule has 0 radical (unpaired) electrons. The van der Waals surface area contributed by atoms with Crippen LogP contribution in [0.3, 0.4) is 0 Å². The second kappa shape index (κ2) is 7.85. The molecule has 1 aromatic rings. The van der Waals surface area contributed by atoms with Gasteiger partial charge in [-0.05, 0) is 12.1 Å². The zero-order chi connectivity index (χ0) is 14.2. The lowest BCUT2D eigenvalue weighted by molar-refractivity contribution is 0.0322. The number of hydrogen-bond donors (Lipinski definition) is 1. The predicted octanol–water partition coefficient (Wildman–Crippen LogP) is 0.847. The third-order valence-corrected chi connectivity index (χ3v) is 3.04. The Kier molecular flexibility index (Phi) is 5.81. The molecule has 1 fully saturated rings. The zero-order valence-corrected chi connectivity index (χ0v) is 11.4. The molecule has 1 aliphatic heterocycles. The Balaban J connectivity index is 1.91. The molecular formula is C15H19FN2O2. The molecule has 0 atom stereocenters. The van der Waals surface area contributed by atoms with E-state index in [1.165, 1.54) is 12.1 Å². The van der Waals surface area contributed by atoms with E-state index in [-0.39, 0.29) is 12.4 Å². The van der Waals surface area contributed by atoms with Crippen molar-refractivity contribution in [2.75, 3.05) is 46.0 Å². The minimum Gasteiger partial charge on any atom is -0.491 e. The number of ether oxygens (including phenoxy) is 2. The van der Waals surface area contributed by atoms with Gasteiger partial charge < -0.3 is 15.2 Å². The summed E-state index contributed by atoms with van der Waals surface area (Å²) in [6.45, 7) is 4.90. The second-order valence-electron chi connectivity index (χ2n) is 4.45. The Hall–Kier alpha value is -1.61. The topological polar surface area (TPSA) is 47.7 Å². The largest absolute Gasteiger partial charge is 0.491 e. The van der Waals surface area contributed by atoms with Crippen LogP contribution in [0.25, 0.3) is 0 Å². The first-order chi connectivity index (χ1) is 9.79. The van der Waals surface area contributed by atoms with Gasteiger partial charge in [-0.1, -0.05) is 11.8 Å². The number of rotatable bonds is 4. The van der Waals surface area contributed by atoms with Gasteiger partial charge in [0.1, 0.15) is 18.2 Å². The molecule has 2 rings (SSSR count). The van der Waals surface area contributed by atoms with Gasteiger partial charge >= 0.3 is 0 Å². The highest BCUT2D eigenvalue weighted by Crippen LogP contribution is 2.19. The summed E-state index contributed by atoms with van der Waals surface area (Å²) in [5, 5.41) is 0. The lowest BCUT2D eigenvalue weighted by atomic mass is 10.2. The van der Waals surface area contributed by atoms with Crippen molar-refractivity contribution in [1.29, 1.82) is 0 Å². The van der Waals surface area contributed by atoms with Crippen molar-refractivity contribution in [2.24, 2.45) is 5.73 Å². The fourth-order valence-electron chi connectivity index (χ4n) is 1.97. The molecule has 20 heavy (non-hydrogen) atoms. The molecule has 0 bridgehead atoms. The third-order valence-electron chi connectivity index (χ3n) is 3.04. The van der Waals surface area contributed by atoms with E-state index >= 15 is 0 Å². The van der Waals surface area contributed by atoms with Crippen LogP contribution in [0, 0.1) is 17.7 Å². The molecule has 5 heteroatoms. The molecule has 0 amide bonds. The highest BCUT2D eigenvalue weighted by Gasteiger charge is 2.10. The minimum absolute atomic E-state index is 0.268. The number of nitrogens with zero attached hydrogens (tertiary/aromatic N) is 1. The highest BCUT2D eigenvalue weighted by molar-refractivity contribution is 5.46. The van der Waals surface area contributed by atoms with Crippen LogP contribution in [0.4, 0.5) is 4.39 Å². The summed E-state index contributed by atoms with van der Waals surface area (Å²) in [4.78, 5) is 2.26. The van der Waals surface area contributed by atoms with E-state index in [2.05, 4.69) is 16.7 Å². The van der Waals surface area contributed by atoms with Crippen LogP contribution in [0.2, 0.25) is 0 Å². The van der Waals surface area contributed by atoms with Crippen molar-refractivity contribution in [2.45, 2.75) is 0 Å². The highest BCUT2D eigenvalue weighted by atomic mass is 19.1. The summed E-state index contributed by atoms with van der Waals surface area (Å²) in [6.07, 6.45) is 0.